The summed E-state index contributed by atoms with van der Waals surface area (Å²) in [4.78, 5) is 12.5. The molecule has 1 aromatic heterocycles. The van der Waals surface area contributed by atoms with E-state index in [1.807, 2.05) is 30.3 Å². The Morgan fingerprint density at radius 2 is 1.83 bits per heavy atom. The Morgan fingerprint density at radius 3 is 2.48 bits per heavy atom. The van der Waals surface area contributed by atoms with Crippen LogP contribution in [-0.4, -0.2) is 5.91 Å². The lowest BCUT2D eigenvalue weighted by molar-refractivity contribution is -0.112. The minimum absolute atomic E-state index is 0.0731. The summed E-state index contributed by atoms with van der Waals surface area (Å²) >= 11 is 12.2. The molecule has 0 radical (unpaired) electrons. The van der Waals surface area contributed by atoms with Crippen molar-refractivity contribution in [3.63, 3.8) is 0 Å². The third-order valence-electron chi connectivity index (χ3n) is 4.31. The van der Waals surface area contributed by atoms with Gasteiger partial charge in [-0.2, -0.15) is 5.26 Å². The van der Waals surface area contributed by atoms with E-state index in [2.05, 4.69) is 19.2 Å². The normalized spacial score (nSPS) is 11.4. The molecular formula is C23H18Cl2N2O2. The molecule has 0 atom stereocenters. The number of nitriles is 1. The lowest BCUT2D eigenvalue weighted by Gasteiger charge is -2.08. The number of nitrogens with zero attached hydrogens (tertiary/aromatic N) is 1. The highest BCUT2D eigenvalue weighted by atomic mass is 35.5. The van der Waals surface area contributed by atoms with Gasteiger partial charge in [0.25, 0.3) is 5.91 Å². The van der Waals surface area contributed by atoms with E-state index in [0.717, 1.165) is 0 Å². The molecule has 0 unspecified atom stereocenters. The second-order valence-corrected chi connectivity index (χ2v) is 7.57. The minimum atomic E-state index is -0.511. The van der Waals surface area contributed by atoms with Gasteiger partial charge in [0.1, 0.15) is 23.2 Å². The molecule has 1 N–H and O–H groups in total. The van der Waals surface area contributed by atoms with E-state index in [4.69, 9.17) is 27.6 Å². The van der Waals surface area contributed by atoms with Crippen LogP contribution in [0.1, 0.15) is 31.1 Å². The molecule has 146 valence electrons. The summed E-state index contributed by atoms with van der Waals surface area (Å²) in [6.45, 7) is 4.19. The topological polar surface area (TPSA) is 66.0 Å². The summed E-state index contributed by atoms with van der Waals surface area (Å²) in [6.07, 6.45) is 1.39. The number of carbonyl (C=O) groups is 1. The molecule has 3 rings (SSSR count). The van der Waals surface area contributed by atoms with Gasteiger partial charge in [-0.15, -0.1) is 0 Å². The molecular weight excluding hydrogens is 407 g/mol. The molecule has 0 saturated carbocycles. The maximum Gasteiger partial charge on any atom is 0.266 e. The molecule has 6 heteroatoms. The Bertz CT molecular complexity index is 1110. The summed E-state index contributed by atoms with van der Waals surface area (Å²) in [7, 11) is 0. The first kappa shape index (κ1) is 20.7. The molecule has 1 heterocycles. The quantitative estimate of drug-likeness (QED) is 0.356. The zero-order valence-electron chi connectivity index (χ0n) is 15.9. The SMILES string of the molecule is CC(C)c1ccc(NC(=O)/C(C#N)=C/c2ccc(-c3cc(Cl)ccc3Cl)o2)cc1. The Balaban J connectivity index is 1.79. The number of halogens is 2. The van der Waals surface area contributed by atoms with Crippen LogP contribution >= 0.6 is 23.2 Å². The molecule has 0 aliphatic carbocycles. The fourth-order valence-electron chi connectivity index (χ4n) is 2.70. The number of carbonyl (C=O) groups excluding carboxylic acids is 1. The number of hydrogen-bond acceptors (Lipinski definition) is 3. The van der Waals surface area contributed by atoms with Gasteiger partial charge in [-0.25, -0.2) is 0 Å². The van der Waals surface area contributed by atoms with Crippen LogP contribution in [0.3, 0.4) is 0 Å². The predicted octanol–water partition coefficient (Wildman–Crippen LogP) is 6.92. The first-order valence-corrected chi connectivity index (χ1v) is 9.71. The third kappa shape index (κ3) is 5.08. The van der Waals surface area contributed by atoms with Crippen molar-refractivity contribution in [3.05, 3.63) is 81.5 Å². The summed E-state index contributed by atoms with van der Waals surface area (Å²) in [6, 6.07) is 17.9. The number of benzene rings is 2. The molecule has 0 aliphatic heterocycles. The maximum atomic E-state index is 12.5. The highest BCUT2D eigenvalue weighted by Crippen LogP contribution is 2.32. The van der Waals surface area contributed by atoms with Crippen LogP contribution < -0.4 is 5.32 Å². The van der Waals surface area contributed by atoms with Gasteiger partial charge in [-0.3, -0.25) is 4.79 Å². The number of rotatable bonds is 5. The Morgan fingerprint density at radius 1 is 1.10 bits per heavy atom. The van der Waals surface area contributed by atoms with Crippen LogP contribution in [0.5, 0.6) is 0 Å². The number of nitrogens with one attached hydrogen (secondary N) is 1. The number of anilines is 1. The van der Waals surface area contributed by atoms with Crippen molar-refractivity contribution in [1.29, 1.82) is 5.26 Å². The largest absolute Gasteiger partial charge is 0.457 e. The zero-order chi connectivity index (χ0) is 21.0. The number of amides is 1. The van der Waals surface area contributed by atoms with Crippen molar-refractivity contribution in [1.82, 2.24) is 0 Å². The van der Waals surface area contributed by atoms with Crippen LogP contribution in [-0.2, 0) is 4.79 Å². The Kier molecular flexibility index (Phi) is 6.43. The van der Waals surface area contributed by atoms with Gasteiger partial charge in [0.05, 0.1) is 5.02 Å². The van der Waals surface area contributed by atoms with Gasteiger partial charge in [-0.1, -0.05) is 49.2 Å². The first-order chi connectivity index (χ1) is 13.9. The zero-order valence-corrected chi connectivity index (χ0v) is 17.4. The molecule has 2 aromatic carbocycles. The standard InChI is InChI=1S/C23H18Cl2N2O2/c1-14(2)15-3-6-18(7-4-15)27-23(28)16(13-26)11-19-8-10-22(29-19)20-12-17(24)5-9-21(20)25/h3-12,14H,1-2H3,(H,27,28)/b16-11+. The van der Waals surface area contributed by atoms with Crippen LogP contribution in [0, 0.1) is 11.3 Å². The molecule has 0 spiro atoms. The third-order valence-corrected chi connectivity index (χ3v) is 4.87. The van der Waals surface area contributed by atoms with Gasteiger partial charge in [0.2, 0.25) is 0 Å². The highest BCUT2D eigenvalue weighted by molar-refractivity contribution is 6.35. The van der Waals surface area contributed by atoms with Crippen molar-refractivity contribution in [2.75, 3.05) is 5.32 Å². The van der Waals surface area contributed by atoms with Crippen LogP contribution in [0.2, 0.25) is 10.0 Å². The second-order valence-electron chi connectivity index (χ2n) is 6.73. The van der Waals surface area contributed by atoms with E-state index in [0.29, 0.717) is 38.7 Å². The summed E-state index contributed by atoms with van der Waals surface area (Å²) < 4.78 is 5.73. The lowest BCUT2D eigenvalue weighted by atomic mass is 10.0. The maximum absolute atomic E-state index is 12.5. The van der Waals surface area contributed by atoms with Crippen molar-refractivity contribution >= 4 is 40.9 Å². The molecule has 0 bridgehead atoms. The van der Waals surface area contributed by atoms with Crippen molar-refractivity contribution in [2.24, 2.45) is 0 Å². The molecule has 1 amide bonds. The lowest BCUT2D eigenvalue weighted by Crippen LogP contribution is -2.13. The molecule has 3 aromatic rings. The van der Waals surface area contributed by atoms with Gasteiger partial charge in [0.15, 0.2) is 0 Å². The van der Waals surface area contributed by atoms with E-state index in [1.165, 1.54) is 11.6 Å². The number of hydrogen-bond donors (Lipinski definition) is 1. The van der Waals surface area contributed by atoms with Gasteiger partial charge < -0.3 is 9.73 Å². The van der Waals surface area contributed by atoms with E-state index in [-0.39, 0.29) is 5.57 Å². The van der Waals surface area contributed by atoms with Crippen LogP contribution in [0.25, 0.3) is 17.4 Å². The molecule has 0 fully saturated rings. The smallest absolute Gasteiger partial charge is 0.266 e. The molecule has 29 heavy (non-hydrogen) atoms. The molecule has 4 nitrogen and oxygen atoms in total. The fraction of sp³-hybridized carbons (Fsp3) is 0.130. The first-order valence-electron chi connectivity index (χ1n) is 8.95. The molecule has 0 saturated heterocycles. The summed E-state index contributed by atoms with van der Waals surface area (Å²) in [5.74, 6) is 0.739. The average molecular weight is 425 g/mol. The Hall–Kier alpha value is -3.00. The van der Waals surface area contributed by atoms with Crippen LogP contribution in [0.4, 0.5) is 5.69 Å². The van der Waals surface area contributed by atoms with Crippen LogP contribution in [0.15, 0.2) is 64.6 Å². The summed E-state index contributed by atoms with van der Waals surface area (Å²) in [5.41, 5.74) is 2.34. The summed E-state index contributed by atoms with van der Waals surface area (Å²) in [5, 5.41) is 13.1. The minimum Gasteiger partial charge on any atom is -0.457 e. The van der Waals surface area contributed by atoms with E-state index >= 15 is 0 Å². The highest BCUT2D eigenvalue weighted by Gasteiger charge is 2.13. The van der Waals surface area contributed by atoms with Crippen molar-refractivity contribution < 1.29 is 9.21 Å². The monoisotopic (exact) mass is 424 g/mol. The number of furan rings is 1. The van der Waals surface area contributed by atoms with Gasteiger partial charge in [-0.05, 0) is 53.9 Å². The second kappa shape index (κ2) is 9.00. The fourth-order valence-corrected chi connectivity index (χ4v) is 3.08. The average Bonchev–Trinajstić information content (AvgIpc) is 3.16. The van der Waals surface area contributed by atoms with Gasteiger partial charge >= 0.3 is 0 Å². The van der Waals surface area contributed by atoms with E-state index < -0.39 is 5.91 Å². The Labute approximate surface area is 179 Å². The van der Waals surface area contributed by atoms with Crippen molar-refractivity contribution in [3.8, 4) is 17.4 Å². The van der Waals surface area contributed by atoms with Crippen molar-refractivity contribution in [2.45, 2.75) is 19.8 Å². The molecule has 0 aliphatic rings. The van der Waals surface area contributed by atoms with E-state index in [9.17, 15) is 10.1 Å². The predicted molar refractivity (Wildman–Crippen MR) is 117 cm³/mol. The van der Waals surface area contributed by atoms with E-state index in [1.54, 1.807) is 30.3 Å². The van der Waals surface area contributed by atoms with Gasteiger partial charge in [0, 0.05) is 22.3 Å².